The number of nitrogens with zero attached hydrogens (tertiary/aromatic N) is 2. The topological polar surface area (TPSA) is 49.9 Å². The maximum absolute atomic E-state index is 12.2. The Hall–Kier alpha value is -1.88. The first-order valence-corrected chi connectivity index (χ1v) is 8.32. The summed E-state index contributed by atoms with van der Waals surface area (Å²) >= 11 is 0. The molecule has 126 valence electrons. The molecule has 0 atom stereocenters. The van der Waals surface area contributed by atoms with Crippen molar-refractivity contribution in [2.45, 2.75) is 26.2 Å². The first-order valence-electron chi connectivity index (χ1n) is 8.32. The van der Waals surface area contributed by atoms with Gasteiger partial charge in [-0.25, -0.2) is 0 Å². The maximum atomic E-state index is 12.2. The third kappa shape index (κ3) is 6.02. The molecule has 0 N–H and O–H groups in total. The minimum atomic E-state index is 0.0350. The second-order valence-electron chi connectivity index (χ2n) is 5.84. The summed E-state index contributed by atoms with van der Waals surface area (Å²) in [7, 11) is 0. The third-order valence-corrected chi connectivity index (χ3v) is 4.14. The Bertz CT molecular complexity index is 498. The van der Waals surface area contributed by atoms with Gasteiger partial charge in [0.05, 0.1) is 13.2 Å². The van der Waals surface area contributed by atoms with Crippen LogP contribution in [-0.4, -0.2) is 61.0 Å². The van der Waals surface area contributed by atoms with Gasteiger partial charge in [-0.2, -0.15) is 0 Å². The van der Waals surface area contributed by atoms with Crippen molar-refractivity contribution in [1.29, 1.82) is 0 Å². The van der Waals surface area contributed by atoms with Crippen LogP contribution in [-0.2, 0) is 20.7 Å². The summed E-state index contributed by atoms with van der Waals surface area (Å²) in [5.74, 6) is 0.149. The van der Waals surface area contributed by atoms with E-state index in [1.807, 2.05) is 23.1 Å². The van der Waals surface area contributed by atoms with Gasteiger partial charge in [-0.15, -0.1) is 0 Å². The van der Waals surface area contributed by atoms with Crippen LogP contribution in [0.5, 0.6) is 0 Å². The fraction of sp³-hybridized carbons (Fsp3) is 0.556. The van der Waals surface area contributed by atoms with Gasteiger partial charge in [0.2, 0.25) is 11.8 Å². The molecule has 1 aromatic rings. The van der Waals surface area contributed by atoms with Gasteiger partial charge in [0, 0.05) is 39.5 Å². The molecule has 0 aromatic heterocycles. The van der Waals surface area contributed by atoms with E-state index >= 15 is 0 Å². The second kappa shape index (κ2) is 9.30. The van der Waals surface area contributed by atoms with Crippen molar-refractivity contribution < 1.29 is 14.3 Å². The van der Waals surface area contributed by atoms with Crippen molar-refractivity contribution >= 4 is 11.8 Å². The highest BCUT2D eigenvalue weighted by molar-refractivity contribution is 5.78. The van der Waals surface area contributed by atoms with Gasteiger partial charge in [-0.1, -0.05) is 30.3 Å². The van der Waals surface area contributed by atoms with Gasteiger partial charge < -0.3 is 14.5 Å². The van der Waals surface area contributed by atoms with E-state index in [1.54, 1.807) is 11.8 Å². The standard InChI is InChI=1S/C18H26N2O3/c1-16(21)19(10-5-8-17-6-3-2-4-7-17)11-9-18(22)20-12-14-23-15-13-20/h2-4,6-7H,5,8-15H2,1H3. The number of aryl methyl sites for hydroxylation is 1. The van der Waals surface area contributed by atoms with Gasteiger partial charge in [0.1, 0.15) is 0 Å². The quantitative estimate of drug-likeness (QED) is 0.769. The summed E-state index contributed by atoms with van der Waals surface area (Å²) in [6.45, 7) is 5.31. The molecular formula is C18H26N2O3. The second-order valence-corrected chi connectivity index (χ2v) is 5.84. The van der Waals surface area contributed by atoms with Crippen molar-refractivity contribution in [1.82, 2.24) is 9.80 Å². The number of amides is 2. The Kier molecular flexibility index (Phi) is 7.07. The molecule has 1 aliphatic rings. The van der Waals surface area contributed by atoms with Crippen molar-refractivity contribution in [3.05, 3.63) is 35.9 Å². The molecule has 2 amide bonds. The molecule has 1 aromatic carbocycles. The lowest BCUT2D eigenvalue weighted by molar-refractivity contribution is -0.136. The highest BCUT2D eigenvalue weighted by Crippen LogP contribution is 2.06. The van der Waals surface area contributed by atoms with Gasteiger partial charge in [0.15, 0.2) is 0 Å². The van der Waals surface area contributed by atoms with Crippen LogP contribution in [0.4, 0.5) is 0 Å². The number of hydrogen-bond donors (Lipinski definition) is 0. The fourth-order valence-corrected chi connectivity index (χ4v) is 2.75. The van der Waals surface area contributed by atoms with Crippen LogP contribution in [0, 0.1) is 0 Å². The lowest BCUT2D eigenvalue weighted by atomic mass is 10.1. The van der Waals surface area contributed by atoms with Crippen LogP contribution in [0.15, 0.2) is 30.3 Å². The summed E-state index contributed by atoms with van der Waals surface area (Å²) in [4.78, 5) is 27.5. The molecule has 0 spiro atoms. The van der Waals surface area contributed by atoms with E-state index < -0.39 is 0 Å². The van der Waals surface area contributed by atoms with Crippen molar-refractivity contribution in [2.24, 2.45) is 0 Å². The number of morpholine rings is 1. The van der Waals surface area contributed by atoms with Crippen LogP contribution < -0.4 is 0 Å². The zero-order valence-corrected chi connectivity index (χ0v) is 13.9. The summed E-state index contributed by atoms with van der Waals surface area (Å²) in [5, 5.41) is 0. The van der Waals surface area contributed by atoms with E-state index in [9.17, 15) is 9.59 Å². The monoisotopic (exact) mass is 318 g/mol. The molecule has 2 rings (SSSR count). The molecule has 0 saturated carbocycles. The van der Waals surface area contributed by atoms with E-state index in [-0.39, 0.29) is 11.8 Å². The minimum Gasteiger partial charge on any atom is -0.378 e. The number of rotatable bonds is 7. The lowest BCUT2D eigenvalue weighted by Crippen LogP contribution is -2.42. The van der Waals surface area contributed by atoms with E-state index in [2.05, 4.69) is 12.1 Å². The SMILES string of the molecule is CC(=O)N(CCCc1ccccc1)CCC(=O)N1CCOCC1. The van der Waals surface area contributed by atoms with Crippen LogP contribution in [0.2, 0.25) is 0 Å². The van der Waals surface area contributed by atoms with E-state index in [1.165, 1.54) is 5.56 Å². The maximum Gasteiger partial charge on any atom is 0.224 e. The van der Waals surface area contributed by atoms with Gasteiger partial charge in [0.25, 0.3) is 0 Å². The van der Waals surface area contributed by atoms with Gasteiger partial charge in [-0.3, -0.25) is 9.59 Å². The molecule has 5 nitrogen and oxygen atoms in total. The molecule has 1 heterocycles. The zero-order chi connectivity index (χ0) is 16.5. The zero-order valence-electron chi connectivity index (χ0n) is 13.9. The number of carbonyl (C=O) groups is 2. The molecular weight excluding hydrogens is 292 g/mol. The average Bonchev–Trinajstić information content (AvgIpc) is 2.59. The third-order valence-electron chi connectivity index (χ3n) is 4.14. The smallest absolute Gasteiger partial charge is 0.224 e. The number of hydrogen-bond acceptors (Lipinski definition) is 3. The number of carbonyl (C=O) groups excluding carboxylic acids is 2. The predicted octanol–water partition coefficient (Wildman–Crippen LogP) is 1.72. The molecule has 1 fully saturated rings. The fourth-order valence-electron chi connectivity index (χ4n) is 2.75. The molecule has 0 unspecified atom stereocenters. The molecule has 0 bridgehead atoms. The average molecular weight is 318 g/mol. The van der Waals surface area contributed by atoms with E-state index in [4.69, 9.17) is 4.74 Å². The first kappa shape index (κ1) is 17.5. The minimum absolute atomic E-state index is 0.0350. The number of benzene rings is 1. The Balaban J connectivity index is 1.72. The van der Waals surface area contributed by atoms with Crippen LogP contribution in [0.25, 0.3) is 0 Å². The molecule has 0 aliphatic carbocycles. The van der Waals surface area contributed by atoms with Crippen LogP contribution in [0.3, 0.4) is 0 Å². The van der Waals surface area contributed by atoms with Crippen LogP contribution >= 0.6 is 0 Å². The van der Waals surface area contributed by atoms with Crippen molar-refractivity contribution in [3.63, 3.8) is 0 Å². The van der Waals surface area contributed by atoms with Crippen molar-refractivity contribution in [2.75, 3.05) is 39.4 Å². The van der Waals surface area contributed by atoms with Gasteiger partial charge >= 0.3 is 0 Å². The molecule has 5 heteroatoms. The summed E-state index contributed by atoms with van der Waals surface area (Å²) in [6, 6.07) is 10.3. The summed E-state index contributed by atoms with van der Waals surface area (Å²) in [5.41, 5.74) is 1.28. The molecule has 1 saturated heterocycles. The van der Waals surface area contributed by atoms with Crippen LogP contribution in [0.1, 0.15) is 25.3 Å². The Morgan fingerprint density at radius 2 is 1.83 bits per heavy atom. The molecule has 23 heavy (non-hydrogen) atoms. The normalized spacial score (nSPS) is 14.6. The predicted molar refractivity (Wildman–Crippen MR) is 89.0 cm³/mol. The van der Waals surface area contributed by atoms with E-state index in [0.29, 0.717) is 45.8 Å². The van der Waals surface area contributed by atoms with Gasteiger partial charge in [-0.05, 0) is 18.4 Å². The Morgan fingerprint density at radius 1 is 1.13 bits per heavy atom. The Morgan fingerprint density at radius 3 is 2.48 bits per heavy atom. The summed E-state index contributed by atoms with van der Waals surface area (Å²) in [6.07, 6.45) is 2.25. The summed E-state index contributed by atoms with van der Waals surface area (Å²) < 4.78 is 5.25. The highest BCUT2D eigenvalue weighted by Gasteiger charge is 2.18. The molecule has 0 radical (unpaired) electrons. The number of ether oxygens (including phenoxy) is 1. The highest BCUT2D eigenvalue weighted by atomic mass is 16.5. The Labute approximate surface area is 138 Å². The lowest BCUT2D eigenvalue weighted by Gasteiger charge is -2.28. The van der Waals surface area contributed by atoms with E-state index in [0.717, 1.165) is 12.8 Å². The molecule has 1 aliphatic heterocycles. The first-order chi connectivity index (χ1) is 11.2. The van der Waals surface area contributed by atoms with Crippen molar-refractivity contribution in [3.8, 4) is 0 Å². The largest absolute Gasteiger partial charge is 0.378 e.